The first kappa shape index (κ1) is 20.0. The average molecular weight is 407 g/mol. The first-order chi connectivity index (χ1) is 14.4. The van der Waals surface area contributed by atoms with Gasteiger partial charge in [0.1, 0.15) is 0 Å². The van der Waals surface area contributed by atoms with E-state index in [0.717, 1.165) is 0 Å². The Morgan fingerprint density at radius 3 is 2.20 bits per heavy atom. The van der Waals surface area contributed by atoms with E-state index in [1.165, 1.54) is 18.2 Å². The molecular formula is C23H21NO6. The number of carbonyl (C=O) groups excluding carboxylic acids is 4. The molecule has 7 heteroatoms. The highest BCUT2D eigenvalue weighted by molar-refractivity contribution is 6.30. The van der Waals surface area contributed by atoms with Crippen LogP contribution in [0, 0.1) is 0 Å². The number of amides is 1. The van der Waals surface area contributed by atoms with Crippen LogP contribution in [0.15, 0.2) is 42.5 Å². The summed E-state index contributed by atoms with van der Waals surface area (Å²) in [6.07, 6.45) is -0.198. The topological polar surface area (TPSA) is 90.0 Å². The third kappa shape index (κ3) is 3.52. The van der Waals surface area contributed by atoms with Crippen molar-refractivity contribution >= 4 is 23.4 Å². The van der Waals surface area contributed by atoms with E-state index in [4.69, 9.17) is 9.47 Å². The molecule has 2 aromatic carbocycles. The number of morpholine rings is 1. The van der Waals surface area contributed by atoms with Crippen molar-refractivity contribution in [1.82, 2.24) is 4.90 Å². The van der Waals surface area contributed by atoms with Crippen molar-refractivity contribution in [2.24, 2.45) is 0 Å². The van der Waals surface area contributed by atoms with Crippen LogP contribution < -0.4 is 0 Å². The lowest BCUT2D eigenvalue weighted by molar-refractivity contribution is -0.146. The Morgan fingerprint density at radius 2 is 1.53 bits per heavy atom. The minimum Gasteiger partial charge on any atom is -0.452 e. The highest BCUT2D eigenvalue weighted by Crippen LogP contribution is 2.29. The Kier molecular flexibility index (Phi) is 5.22. The molecule has 1 amide bonds. The lowest BCUT2D eigenvalue weighted by Gasteiger charge is -2.35. The molecule has 4 rings (SSSR count). The molecule has 7 nitrogen and oxygen atoms in total. The monoisotopic (exact) mass is 407 g/mol. The predicted octanol–water partition coefficient (Wildman–Crippen LogP) is 2.25. The molecule has 2 atom stereocenters. The number of hydrogen-bond donors (Lipinski definition) is 0. The van der Waals surface area contributed by atoms with Crippen LogP contribution in [-0.2, 0) is 14.3 Å². The second-order valence-electron chi connectivity index (χ2n) is 7.56. The summed E-state index contributed by atoms with van der Waals surface area (Å²) >= 11 is 0. The molecule has 0 radical (unpaired) electrons. The van der Waals surface area contributed by atoms with E-state index in [-0.39, 0.29) is 46.2 Å². The molecule has 1 heterocycles. The summed E-state index contributed by atoms with van der Waals surface area (Å²) in [4.78, 5) is 52.5. The Labute approximate surface area is 173 Å². The number of esters is 1. The fourth-order valence-corrected chi connectivity index (χ4v) is 3.99. The van der Waals surface area contributed by atoms with Crippen LogP contribution in [0.4, 0.5) is 0 Å². The van der Waals surface area contributed by atoms with Gasteiger partial charge in [0.25, 0.3) is 5.91 Å². The van der Waals surface area contributed by atoms with Gasteiger partial charge in [-0.1, -0.05) is 36.4 Å². The van der Waals surface area contributed by atoms with E-state index < -0.39 is 18.4 Å². The molecule has 1 aliphatic heterocycles. The maximum absolute atomic E-state index is 13.0. The van der Waals surface area contributed by atoms with Gasteiger partial charge in [0.2, 0.25) is 0 Å². The fraction of sp³-hybridized carbons (Fsp3) is 0.304. The lowest BCUT2D eigenvalue weighted by Crippen LogP contribution is -2.49. The molecule has 1 fully saturated rings. The summed E-state index contributed by atoms with van der Waals surface area (Å²) < 4.78 is 10.8. The second kappa shape index (κ2) is 7.84. The normalized spacial score (nSPS) is 20.4. The number of rotatable bonds is 3. The smallest absolute Gasteiger partial charge is 0.339 e. The number of fused-ring (bicyclic) bond motifs is 2. The number of carbonyl (C=O) groups is 4. The van der Waals surface area contributed by atoms with Crippen molar-refractivity contribution in [2.75, 3.05) is 19.7 Å². The number of benzene rings is 2. The standard InChI is InChI=1S/C23H21NO6/c1-13-10-24(11-14(2)30-13)19(25)12-29-23(28)18-9-5-8-17-20(18)22(27)16-7-4-3-6-15(16)21(17)26/h3-9,13-14H,10-12H2,1-2H3/t13-,14-/m1/s1. The van der Waals surface area contributed by atoms with Crippen LogP contribution in [-0.4, -0.2) is 60.2 Å². The van der Waals surface area contributed by atoms with E-state index in [9.17, 15) is 19.2 Å². The Morgan fingerprint density at radius 1 is 0.933 bits per heavy atom. The quantitative estimate of drug-likeness (QED) is 0.619. The number of nitrogens with zero attached hydrogens (tertiary/aromatic N) is 1. The fourth-order valence-electron chi connectivity index (χ4n) is 3.99. The van der Waals surface area contributed by atoms with Crippen LogP contribution in [0.5, 0.6) is 0 Å². The van der Waals surface area contributed by atoms with E-state index in [1.807, 2.05) is 13.8 Å². The number of hydrogen-bond acceptors (Lipinski definition) is 6. The molecule has 0 aromatic heterocycles. The Hall–Kier alpha value is -3.32. The van der Waals surface area contributed by atoms with Crippen molar-refractivity contribution in [3.05, 3.63) is 70.3 Å². The van der Waals surface area contributed by atoms with Crippen molar-refractivity contribution in [2.45, 2.75) is 26.1 Å². The molecular weight excluding hydrogens is 386 g/mol. The van der Waals surface area contributed by atoms with Gasteiger partial charge in [-0.05, 0) is 19.9 Å². The zero-order valence-electron chi connectivity index (χ0n) is 16.7. The molecule has 2 aliphatic rings. The van der Waals surface area contributed by atoms with Crippen molar-refractivity contribution in [3.63, 3.8) is 0 Å². The largest absolute Gasteiger partial charge is 0.452 e. The highest BCUT2D eigenvalue weighted by Gasteiger charge is 2.33. The van der Waals surface area contributed by atoms with Gasteiger partial charge in [0, 0.05) is 35.3 Å². The third-order valence-corrected chi connectivity index (χ3v) is 5.27. The second-order valence-corrected chi connectivity index (χ2v) is 7.56. The Balaban J connectivity index is 1.54. The molecule has 0 spiro atoms. The van der Waals surface area contributed by atoms with Crippen LogP contribution >= 0.6 is 0 Å². The summed E-state index contributed by atoms with van der Waals surface area (Å²) in [5.41, 5.74) is 0.730. The molecule has 154 valence electrons. The average Bonchev–Trinajstić information content (AvgIpc) is 2.74. The molecule has 0 unspecified atom stereocenters. The summed E-state index contributed by atoms with van der Waals surface area (Å²) in [6.45, 7) is 4.15. The van der Waals surface area contributed by atoms with Gasteiger partial charge < -0.3 is 14.4 Å². The third-order valence-electron chi connectivity index (χ3n) is 5.27. The molecule has 0 bridgehead atoms. The molecule has 0 N–H and O–H groups in total. The van der Waals surface area contributed by atoms with Crippen LogP contribution in [0.25, 0.3) is 0 Å². The van der Waals surface area contributed by atoms with Crippen molar-refractivity contribution in [3.8, 4) is 0 Å². The summed E-state index contributed by atoms with van der Waals surface area (Å²) in [5.74, 6) is -1.87. The van der Waals surface area contributed by atoms with Crippen molar-refractivity contribution in [1.29, 1.82) is 0 Å². The van der Waals surface area contributed by atoms with Gasteiger partial charge in [0.05, 0.1) is 17.8 Å². The van der Waals surface area contributed by atoms with Gasteiger partial charge in [-0.2, -0.15) is 0 Å². The van der Waals surface area contributed by atoms with Crippen LogP contribution in [0.3, 0.4) is 0 Å². The zero-order chi connectivity index (χ0) is 21.4. The van der Waals surface area contributed by atoms with Gasteiger partial charge >= 0.3 is 5.97 Å². The number of ketones is 2. The van der Waals surface area contributed by atoms with Crippen LogP contribution in [0.2, 0.25) is 0 Å². The van der Waals surface area contributed by atoms with E-state index in [2.05, 4.69) is 0 Å². The Bertz CT molecular complexity index is 1050. The minimum absolute atomic E-state index is 0.0168. The lowest BCUT2D eigenvalue weighted by atomic mass is 9.82. The molecule has 1 saturated heterocycles. The first-order valence-corrected chi connectivity index (χ1v) is 9.78. The predicted molar refractivity (Wildman–Crippen MR) is 107 cm³/mol. The van der Waals surface area contributed by atoms with Gasteiger partial charge in [-0.3, -0.25) is 14.4 Å². The van der Waals surface area contributed by atoms with E-state index in [0.29, 0.717) is 18.7 Å². The van der Waals surface area contributed by atoms with Gasteiger partial charge in [-0.25, -0.2) is 4.79 Å². The zero-order valence-corrected chi connectivity index (χ0v) is 16.7. The SMILES string of the molecule is C[C@@H]1CN(C(=O)COC(=O)c2cccc3c2C(=O)c2ccccc2C3=O)C[C@@H](C)O1. The summed E-state index contributed by atoms with van der Waals surface area (Å²) in [5, 5.41) is 0. The minimum atomic E-state index is -0.810. The molecule has 0 saturated carbocycles. The highest BCUT2D eigenvalue weighted by atomic mass is 16.5. The molecule has 30 heavy (non-hydrogen) atoms. The van der Waals surface area contributed by atoms with Gasteiger partial charge in [0.15, 0.2) is 18.2 Å². The van der Waals surface area contributed by atoms with Crippen molar-refractivity contribution < 1.29 is 28.7 Å². The van der Waals surface area contributed by atoms with Crippen LogP contribution in [0.1, 0.15) is 56.0 Å². The summed E-state index contributed by atoms with van der Waals surface area (Å²) in [6, 6.07) is 11.0. The maximum atomic E-state index is 13.0. The molecule has 2 aromatic rings. The molecule has 1 aliphatic carbocycles. The number of ether oxygens (including phenoxy) is 2. The van der Waals surface area contributed by atoms with E-state index in [1.54, 1.807) is 29.2 Å². The van der Waals surface area contributed by atoms with Gasteiger partial charge in [-0.15, -0.1) is 0 Å². The first-order valence-electron chi connectivity index (χ1n) is 9.78. The maximum Gasteiger partial charge on any atom is 0.339 e. The van der Waals surface area contributed by atoms with E-state index >= 15 is 0 Å². The summed E-state index contributed by atoms with van der Waals surface area (Å²) in [7, 11) is 0.